The molecule has 2 saturated heterocycles. The summed E-state index contributed by atoms with van der Waals surface area (Å²) in [6.45, 7) is 4.26. The molecular formula is C19H29N3O2S. The summed E-state index contributed by atoms with van der Waals surface area (Å²) < 4.78 is 5.53. The van der Waals surface area contributed by atoms with Crippen LogP contribution in [-0.2, 0) is 4.74 Å². The minimum absolute atomic E-state index is 0.0227. The van der Waals surface area contributed by atoms with Gasteiger partial charge in [-0.1, -0.05) is 6.07 Å². The number of anilines is 1. The second-order valence-corrected chi connectivity index (χ2v) is 8.29. The van der Waals surface area contributed by atoms with Gasteiger partial charge in [0.15, 0.2) is 0 Å². The molecule has 2 fully saturated rings. The molecule has 1 aromatic carbocycles. The molecule has 0 saturated carbocycles. The van der Waals surface area contributed by atoms with Crippen molar-refractivity contribution in [2.24, 2.45) is 0 Å². The van der Waals surface area contributed by atoms with Gasteiger partial charge in [0.2, 0.25) is 0 Å². The van der Waals surface area contributed by atoms with Crippen LogP contribution in [0.5, 0.6) is 0 Å². The summed E-state index contributed by atoms with van der Waals surface area (Å²) in [6.07, 6.45) is 2.27. The Balaban J connectivity index is 1.68. The van der Waals surface area contributed by atoms with E-state index in [0.29, 0.717) is 0 Å². The van der Waals surface area contributed by atoms with Gasteiger partial charge in [0.25, 0.3) is 5.91 Å². The van der Waals surface area contributed by atoms with E-state index in [4.69, 9.17) is 4.74 Å². The van der Waals surface area contributed by atoms with Gasteiger partial charge in [-0.2, -0.15) is 11.8 Å². The van der Waals surface area contributed by atoms with Crippen LogP contribution < -0.4 is 10.2 Å². The average Bonchev–Trinajstić information content (AvgIpc) is 2.67. The quantitative estimate of drug-likeness (QED) is 0.868. The SMILES string of the molecule is CN(C)c1cccc(C(=O)NCC2(N3CCOCC3)CCSCC2)c1. The topological polar surface area (TPSA) is 44.8 Å². The second-order valence-electron chi connectivity index (χ2n) is 7.06. The maximum atomic E-state index is 12.7. The molecule has 0 aliphatic carbocycles. The summed E-state index contributed by atoms with van der Waals surface area (Å²) in [4.78, 5) is 17.3. The number of nitrogens with one attached hydrogen (secondary N) is 1. The van der Waals surface area contributed by atoms with E-state index in [1.54, 1.807) is 0 Å². The predicted octanol–water partition coefficient (Wildman–Crippen LogP) is 2.08. The summed E-state index contributed by atoms with van der Waals surface area (Å²) in [5.74, 6) is 2.36. The van der Waals surface area contributed by atoms with E-state index >= 15 is 0 Å². The van der Waals surface area contributed by atoms with E-state index in [2.05, 4.69) is 10.2 Å². The zero-order valence-electron chi connectivity index (χ0n) is 15.3. The Morgan fingerprint density at radius 2 is 2.00 bits per heavy atom. The largest absolute Gasteiger partial charge is 0.379 e. The third-order valence-corrected chi connectivity index (χ3v) is 6.29. The van der Waals surface area contributed by atoms with Crippen LogP contribution in [0, 0.1) is 0 Å². The molecule has 1 N–H and O–H groups in total. The van der Waals surface area contributed by atoms with Gasteiger partial charge in [0.05, 0.1) is 13.2 Å². The Morgan fingerprint density at radius 1 is 1.28 bits per heavy atom. The molecule has 2 heterocycles. The highest BCUT2D eigenvalue weighted by molar-refractivity contribution is 7.99. The molecule has 1 amide bonds. The summed E-state index contributed by atoms with van der Waals surface area (Å²) in [7, 11) is 3.98. The van der Waals surface area contributed by atoms with E-state index in [1.807, 2.05) is 55.0 Å². The lowest BCUT2D eigenvalue weighted by Crippen LogP contribution is -2.60. The van der Waals surface area contributed by atoms with E-state index in [1.165, 1.54) is 11.5 Å². The van der Waals surface area contributed by atoms with Crippen molar-refractivity contribution in [1.82, 2.24) is 10.2 Å². The van der Waals surface area contributed by atoms with Crippen LogP contribution in [0.2, 0.25) is 0 Å². The standard InChI is InChI=1S/C19H29N3O2S/c1-21(2)17-5-3-4-16(14-17)18(23)20-15-19(6-12-25-13-7-19)22-8-10-24-11-9-22/h3-5,14H,6-13,15H2,1-2H3,(H,20,23). The smallest absolute Gasteiger partial charge is 0.251 e. The summed E-state index contributed by atoms with van der Waals surface area (Å²) in [5.41, 5.74) is 1.86. The molecule has 0 aromatic heterocycles. The fourth-order valence-corrected chi connectivity index (χ4v) is 4.92. The van der Waals surface area contributed by atoms with Crippen LogP contribution >= 0.6 is 11.8 Å². The zero-order chi connectivity index (χ0) is 17.7. The van der Waals surface area contributed by atoms with Gasteiger partial charge in [-0.15, -0.1) is 0 Å². The van der Waals surface area contributed by atoms with Crippen LogP contribution in [0.1, 0.15) is 23.2 Å². The number of morpholine rings is 1. The summed E-state index contributed by atoms with van der Waals surface area (Å²) in [6, 6.07) is 7.80. The maximum Gasteiger partial charge on any atom is 0.251 e. The molecule has 138 valence electrons. The molecule has 5 nitrogen and oxygen atoms in total. The molecule has 25 heavy (non-hydrogen) atoms. The molecule has 2 aliphatic heterocycles. The third kappa shape index (κ3) is 4.49. The van der Waals surface area contributed by atoms with Crippen LogP contribution in [-0.4, -0.2) is 74.8 Å². The van der Waals surface area contributed by atoms with Gasteiger partial charge in [-0.05, 0) is 42.5 Å². The van der Waals surface area contributed by atoms with Crippen LogP contribution in [0.4, 0.5) is 5.69 Å². The third-order valence-electron chi connectivity index (χ3n) is 5.31. The van der Waals surface area contributed by atoms with Crippen LogP contribution in [0.3, 0.4) is 0 Å². The molecule has 6 heteroatoms. The van der Waals surface area contributed by atoms with Crippen molar-refractivity contribution in [3.8, 4) is 0 Å². The van der Waals surface area contributed by atoms with Gasteiger partial charge >= 0.3 is 0 Å². The number of carbonyl (C=O) groups is 1. The minimum Gasteiger partial charge on any atom is -0.379 e. The predicted molar refractivity (Wildman–Crippen MR) is 105 cm³/mol. The molecule has 0 unspecified atom stereocenters. The fourth-order valence-electron chi connectivity index (χ4n) is 3.67. The number of hydrogen-bond donors (Lipinski definition) is 1. The van der Waals surface area contributed by atoms with Crippen molar-refractivity contribution in [3.63, 3.8) is 0 Å². The van der Waals surface area contributed by atoms with Crippen molar-refractivity contribution in [2.45, 2.75) is 18.4 Å². The normalized spacial score (nSPS) is 20.9. The monoisotopic (exact) mass is 363 g/mol. The Kier molecular flexibility index (Phi) is 6.25. The van der Waals surface area contributed by atoms with Crippen LogP contribution in [0.25, 0.3) is 0 Å². The lowest BCUT2D eigenvalue weighted by Gasteiger charge is -2.48. The Labute approximate surface area is 155 Å². The number of thioether (sulfide) groups is 1. The number of hydrogen-bond acceptors (Lipinski definition) is 5. The highest BCUT2D eigenvalue weighted by Crippen LogP contribution is 2.32. The Hall–Kier alpha value is -1.24. The van der Waals surface area contributed by atoms with Gasteiger partial charge < -0.3 is 15.0 Å². The second kappa shape index (κ2) is 8.43. The number of amides is 1. The van der Waals surface area contributed by atoms with E-state index in [9.17, 15) is 4.79 Å². The molecular weight excluding hydrogens is 334 g/mol. The van der Waals surface area contributed by atoms with E-state index in [-0.39, 0.29) is 11.4 Å². The first-order valence-electron chi connectivity index (χ1n) is 9.07. The molecule has 0 spiro atoms. The van der Waals surface area contributed by atoms with Gasteiger partial charge in [0, 0.05) is 50.5 Å². The molecule has 3 rings (SSSR count). The minimum atomic E-state index is 0.0227. The first-order valence-corrected chi connectivity index (χ1v) is 10.2. The Morgan fingerprint density at radius 3 is 2.68 bits per heavy atom. The van der Waals surface area contributed by atoms with Gasteiger partial charge in [-0.3, -0.25) is 9.69 Å². The fraction of sp³-hybridized carbons (Fsp3) is 0.632. The van der Waals surface area contributed by atoms with Crippen molar-refractivity contribution in [2.75, 3.05) is 63.3 Å². The lowest BCUT2D eigenvalue weighted by atomic mass is 9.89. The number of carbonyl (C=O) groups excluding carboxylic acids is 1. The molecule has 0 atom stereocenters. The summed E-state index contributed by atoms with van der Waals surface area (Å²) >= 11 is 2.02. The van der Waals surface area contributed by atoms with E-state index in [0.717, 1.165) is 56.9 Å². The van der Waals surface area contributed by atoms with Gasteiger partial charge in [-0.25, -0.2) is 0 Å². The van der Waals surface area contributed by atoms with Crippen molar-refractivity contribution in [3.05, 3.63) is 29.8 Å². The van der Waals surface area contributed by atoms with Gasteiger partial charge in [0.1, 0.15) is 0 Å². The molecule has 0 bridgehead atoms. The molecule has 1 aromatic rings. The van der Waals surface area contributed by atoms with Crippen molar-refractivity contribution >= 4 is 23.4 Å². The highest BCUT2D eigenvalue weighted by Gasteiger charge is 2.39. The van der Waals surface area contributed by atoms with Crippen LogP contribution in [0.15, 0.2) is 24.3 Å². The highest BCUT2D eigenvalue weighted by atomic mass is 32.2. The zero-order valence-corrected chi connectivity index (χ0v) is 16.1. The number of ether oxygens (including phenoxy) is 1. The average molecular weight is 364 g/mol. The number of nitrogens with zero attached hydrogens (tertiary/aromatic N) is 2. The van der Waals surface area contributed by atoms with Crippen molar-refractivity contribution in [1.29, 1.82) is 0 Å². The first-order chi connectivity index (χ1) is 12.1. The van der Waals surface area contributed by atoms with E-state index < -0.39 is 0 Å². The van der Waals surface area contributed by atoms with Crippen molar-refractivity contribution < 1.29 is 9.53 Å². The first kappa shape index (κ1) is 18.5. The number of rotatable bonds is 5. The maximum absolute atomic E-state index is 12.7. The Bertz CT molecular complexity index is 582. The molecule has 2 aliphatic rings. The molecule has 0 radical (unpaired) electrons. The number of benzene rings is 1. The summed E-state index contributed by atoms with van der Waals surface area (Å²) in [5, 5.41) is 3.22. The lowest BCUT2D eigenvalue weighted by molar-refractivity contribution is -0.0255.